The van der Waals surface area contributed by atoms with E-state index in [1.165, 1.54) is 12.1 Å². The first kappa shape index (κ1) is 15.4. The molecule has 20 heavy (non-hydrogen) atoms. The van der Waals surface area contributed by atoms with Crippen molar-refractivity contribution in [2.75, 3.05) is 7.05 Å². The molecule has 0 bridgehead atoms. The maximum Gasteiger partial charge on any atom is 0.134 e. The fourth-order valence-corrected chi connectivity index (χ4v) is 2.79. The summed E-state index contributed by atoms with van der Waals surface area (Å²) in [6.07, 6.45) is 0. The van der Waals surface area contributed by atoms with Crippen LogP contribution in [0.4, 0.5) is 8.78 Å². The summed E-state index contributed by atoms with van der Waals surface area (Å²) >= 11 is 9.37. The van der Waals surface area contributed by atoms with Crippen molar-refractivity contribution < 1.29 is 8.78 Å². The maximum absolute atomic E-state index is 14.3. The second-order valence-corrected chi connectivity index (χ2v) is 5.77. The third-order valence-corrected chi connectivity index (χ3v) is 4.12. The number of halogens is 4. The van der Waals surface area contributed by atoms with Gasteiger partial charge >= 0.3 is 0 Å². The quantitative estimate of drug-likeness (QED) is 0.812. The summed E-state index contributed by atoms with van der Waals surface area (Å²) in [5.74, 6) is -1.13. The molecule has 1 atom stereocenters. The monoisotopic (exact) mass is 359 g/mol. The lowest BCUT2D eigenvalue weighted by atomic mass is 9.96. The van der Waals surface area contributed by atoms with Crippen molar-refractivity contribution >= 4 is 27.5 Å². The zero-order valence-electron chi connectivity index (χ0n) is 11.0. The van der Waals surface area contributed by atoms with E-state index in [4.69, 9.17) is 11.6 Å². The zero-order valence-corrected chi connectivity index (χ0v) is 13.3. The van der Waals surface area contributed by atoms with Gasteiger partial charge in [0.2, 0.25) is 0 Å². The average molecular weight is 361 g/mol. The van der Waals surface area contributed by atoms with E-state index in [9.17, 15) is 8.78 Å². The molecule has 0 amide bonds. The molecule has 2 rings (SSSR count). The van der Waals surface area contributed by atoms with E-state index >= 15 is 0 Å². The van der Waals surface area contributed by atoms with Gasteiger partial charge in [0.05, 0.1) is 6.04 Å². The molecular weight excluding hydrogens is 348 g/mol. The minimum Gasteiger partial charge on any atom is -0.309 e. The molecule has 0 spiro atoms. The number of hydrogen-bond donors (Lipinski definition) is 1. The molecule has 5 heteroatoms. The lowest BCUT2D eigenvalue weighted by Gasteiger charge is -2.21. The molecule has 1 nitrogen and oxygen atoms in total. The minimum absolute atomic E-state index is 0.00420. The van der Waals surface area contributed by atoms with Crippen molar-refractivity contribution in [1.29, 1.82) is 0 Å². The summed E-state index contributed by atoms with van der Waals surface area (Å²) in [7, 11) is 1.65. The van der Waals surface area contributed by atoms with Gasteiger partial charge in [0, 0.05) is 15.1 Å². The zero-order chi connectivity index (χ0) is 14.9. The van der Waals surface area contributed by atoms with Crippen LogP contribution in [0.15, 0.2) is 34.8 Å². The molecule has 0 aromatic heterocycles. The first-order valence-corrected chi connectivity index (χ1v) is 7.19. The van der Waals surface area contributed by atoms with Crippen LogP contribution in [0, 0.1) is 18.6 Å². The summed E-state index contributed by atoms with van der Waals surface area (Å²) in [5, 5.41) is 3.45. The highest BCUT2D eigenvalue weighted by molar-refractivity contribution is 9.10. The smallest absolute Gasteiger partial charge is 0.134 e. The SMILES string of the molecule is CNC(c1cc(Cl)ccc1Br)c1c(F)ccc(C)c1F. The van der Waals surface area contributed by atoms with Crippen molar-refractivity contribution in [3.05, 3.63) is 68.2 Å². The molecule has 0 fully saturated rings. The van der Waals surface area contributed by atoms with E-state index in [2.05, 4.69) is 21.2 Å². The van der Waals surface area contributed by atoms with Gasteiger partial charge in [-0.05, 0) is 49.4 Å². The molecule has 0 heterocycles. The Morgan fingerprint density at radius 3 is 2.55 bits per heavy atom. The predicted molar refractivity (Wildman–Crippen MR) is 81.1 cm³/mol. The second kappa shape index (κ2) is 6.20. The minimum atomic E-state index is -0.622. The van der Waals surface area contributed by atoms with Crippen LogP contribution in [0.1, 0.15) is 22.7 Å². The van der Waals surface area contributed by atoms with Crippen molar-refractivity contribution in [2.24, 2.45) is 0 Å². The lowest BCUT2D eigenvalue weighted by molar-refractivity contribution is 0.517. The van der Waals surface area contributed by atoms with E-state index in [-0.39, 0.29) is 5.56 Å². The Bertz CT molecular complexity index is 646. The Kier molecular flexibility index (Phi) is 4.78. The van der Waals surface area contributed by atoms with E-state index < -0.39 is 17.7 Å². The molecule has 106 valence electrons. The molecule has 2 aromatic rings. The van der Waals surface area contributed by atoms with Gasteiger partial charge in [0.1, 0.15) is 11.6 Å². The highest BCUT2D eigenvalue weighted by atomic mass is 79.9. The van der Waals surface area contributed by atoms with Crippen LogP contribution >= 0.6 is 27.5 Å². The number of hydrogen-bond acceptors (Lipinski definition) is 1. The third kappa shape index (κ3) is 2.87. The molecule has 0 radical (unpaired) electrons. The van der Waals surface area contributed by atoms with Gasteiger partial charge in [-0.3, -0.25) is 0 Å². The summed E-state index contributed by atoms with van der Waals surface area (Å²) in [6.45, 7) is 1.61. The molecule has 0 aliphatic heterocycles. The lowest BCUT2D eigenvalue weighted by Crippen LogP contribution is -2.21. The number of aryl methyl sites for hydroxylation is 1. The van der Waals surface area contributed by atoms with E-state index in [0.717, 1.165) is 4.47 Å². The van der Waals surface area contributed by atoms with Crippen LogP contribution < -0.4 is 5.32 Å². The maximum atomic E-state index is 14.3. The van der Waals surface area contributed by atoms with Crippen LogP contribution in [-0.4, -0.2) is 7.05 Å². The second-order valence-electron chi connectivity index (χ2n) is 4.48. The van der Waals surface area contributed by atoms with Gasteiger partial charge in [0.25, 0.3) is 0 Å². The summed E-state index contributed by atoms with van der Waals surface area (Å²) < 4.78 is 29.1. The van der Waals surface area contributed by atoms with Gasteiger partial charge in [-0.25, -0.2) is 8.78 Å². The van der Waals surface area contributed by atoms with E-state index in [1.807, 2.05) is 0 Å². The van der Waals surface area contributed by atoms with Crippen molar-refractivity contribution in [3.8, 4) is 0 Å². The first-order chi connectivity index (χ1) is 9.45. The largest absolute Gasteiger partial charge is 0.309 e. The third-order valence-electron chi connectivity index (χ3n) is 3.17. The number of benzene rings is 2. The van der Waals surface area contributed by atoms with Crippen LogP contribution in [0.5, 0.6) is 0 Å². The number of rotatable bonds is 3. The highest BCUT2D eigenvalue weighted by Gasteiger charge is 2.23. The predicted octanol–water partition coefficient (Wildman–Crippen LogP) is 5.00. The summed E-state index contributed by atoms with van der Waals surface area (Å²) in [6, 6.07) is 7.24. The van der Waals surface area contributed by atoms with Crippen molar-refractivity contribution in [2.45, 2.75) is 13.0 Å². The Labute approximate surface area is 130 Å². The molecule has 0 aliphatic rings. The number of nitrogens with one attached hydrogen (secondary N) is 1. The van der Waals surface area contributed by atoms with Gasteiger partial charge in [-0.2, -0.15) is 0 Å². The molecule has 1 unspecified atom stereocenters. The average Bonchev–Trinajstić information content (AvgIpc) is 2.42. The Morgan fingerprint density at radius 2 is 1.90 bits per heavy atom. The fourth-order valence-electron chi connectivity index (χ4n) is 2.13. The molecular formula is C15H13BrClF2N. The summed E-state index contributed by atoms with van der Waals surface area (Å²) in [5.41, 5.74) is 1.08. The van der Waals surface area contributed by atoms with Crippen LogP contribution in [0.25, 0.3) is 0 Å². The standard InChI is InChI=1S/C15H13BrClF2N/c1-8-3-6-12(18)13(14(8)19)15(20-2)10-7-9(17)4-5-11(10)16/h3-7,15,20H,1-2H3. The molecule has 2 aromatic carbocycles. The molecule has 1 N–H and O–H groups in total. The Balaban J connectivity index is 2.64. The Hall–Kier alpha value is -0.970. The van der Waals surface area contributed by atoms with Gasteiger partial charge in [-0.1, -0.05) is 33.6 Å². The van der Waals surface area contributed by atoms with Crippen molar-refractivity contribution in [1.82, 2.24) is 5.32 Å². The van der Waals surface area contributed by atoms with Crippen LogP contribution in [0.2, 0.25) is 5.02 Å². The Morgan fingerprint density at radius 1 is 1.20 bits per heavy atom. The van der Waals surface area contributed by atoms with Crippen molar-refractivity contribution in [3.63, 3.8) is 0 Å². The van der Waals surface area contributed by atoms with Gasteiger partial charge in [0.15, 0.2) is 0 Å². The van der Waals surface area contributed by atoms with Gasteiger partial charge in [-0.15, -0.1) is 0 Å². The summed E-state index contributed by atoms with van der Waals surface area (Å²) in [4.78, 5) is 0. The molecule has 0 saturated carbocycles. The molecule has 0 aliphatic carbocycles. The fraction of sp³-hybridized carbons (Fsp3) is 0.200. The normalized spacial score (nSPS) is 12.5. The van der Waals surface area contributed by atoms with Crippen LogP contribution in [0.3, 0.4) is 0 Å². The van der Waals surface area contributed by atoms with Crippen LogP contribution in [-0.2, 0) is 0 Å². The topological polar surface area (TPSA) is 12.0 Å². The van der Waals surface area contributed by atoms with Gasteiger partial charge < -0.3 is 5.32 Å². The van der Waals surface area contributed by atoms with E-state index in [0.29, 0.717) is 16.1 Å². The highest BCUT2D eigenvalue weighted by Crippen LogP contribution is 2.33. The molecule has 0 saturated heterocycles. The van der Waals surface area contributed by atoms with E-state index in [1.54, 1.807) is 32.2 Å². The first-order valence-electron chi connectivity index (χ1n) is 6.02.